The Bertz CT molecular complexity index is 740. The van der Waals surface area contributed by atoms with E-state index < -0.39 is 4.92 Å². The van der Waals surface area contributed by atoms with Gasteiger partial charge in [0.1, 0.15) is 10.8 Å². The van der Waals surface area contributed by atoms with Gasteiger partial charge in [0, 0.05) is 11.6 Å². The number of carbonyl (C=O) groups is 1. The van der Waals surface area contributed by atoms with E-state index in [2.05, 4.69) is 0 Å². The van der Waals surface area contributed by atoms with Crippen LogP contribution in [0.3, 0.4) is 0 Å². The fourth-order valence-electron chi connectivity index (χ4n) is 1.70. The number of nitro groups is 1. The smallest absolute Gasteiger partial charge is 0.288 e. The number of carbonyl (C=O) groups excluding carboxylic acids is 1. The number of nitro benzene ring substituents is 1. The summed E-state index contributed by atoms with van der Waals surface area (Å²) in [4.78, 5) is 22.1. The summed E-state index contributed by atoms with van der Waals surface area (Å²) in [7, 11) is 0. The number of phenols is 1. The zero-order chi connectivity index (χ0) is 15.4. The van der Waals surface area contributed by atoms with E-state index in [1.54, 1.807) is 18.2 Å². The van der Waals surface area contributed by atoms with Crippen molar-refractivity contribution in [1.82, 2.24) is 0 Å². The molecule has 0 aliphatic rings. The van der Waals surface area contributed by atoms with Gasteiger partial charge in [0.15, 0.2) is 5.78 Å². The predicted octanol–water partition coefficient (Wildman–Crippen LogP) is 3.85. The van der Waals surface area contributed by atoms with E-state index in [0.717, 1.165) is 0 Å². The number of aromatic hydroxyl groups is 1. The van der Waals surface area contributed by atoms with Crippen LogP contribution in [0.25, 0.3) is 6.08 Å². The Labute approximate surface area is 125 Å². The van der Waals surface area contributed by atoms with Crippen molar-refractivity contribution in [3.05, 3.63) is 74.8 Å². The summed E-state index contributed by atoms with van der Waals surface area (Å²) in [5, 5.41) is 20.1. The van der Waals surface area contributed by atoms with Crippen LogP contribution in [0.4, 0.5) is 5.69 Å². The molecule has 0 atom stereocenters. The molecule has 2 rings (SSSR count). The zero-order valence-electron chi connectivity index (χ0n) is 10.7. The van der Waals surface area contributed by atoms with Crippen molar-refractivity contribution in [1.29, 1.82) is 0 Å². The van der Waals surface area contributed by atoms with Gasteiger partial charge in [-0.25, -0.2) is 0 Å². The molecular formula is C15H10ClNO4. The molecule has 0 aliphatic carbocycles. The number of nitrogens with zero attached hydrogens (tertiary/aromatic N) is 1. The van der Waals surface area contributed by atoms with Gasteiger partial charge in [-0.2, -0.15) is 0 Å². The van der Waals surface area contributed by atoms with E-state index in [-0.39, 0.29) is 22.2 Å². The molecule has 0 heterocycles. The molecule has 0 saturated carbocycles. The Balaban J connectivity index is 2.23. The Morgan fingerprint density at radius 2 is 2.00 bits per heavy atom. The summed E-state index contributed by atoms with van der Waals surface area (Å²) in [6, 6.07) is 10.2. The average Bonchev–Trinajstić information content (AvgIpc) is 2.45. The summed E-state index contributed by atoms with van der Waals surface area (Å²) < 4.78 is 0. The molecule has 0 fully saturated rings. The Morgan fingerprint density at radius 1 is 1.24 bits per heavy atom. The van der Waals surface area contributed by atoms with Crippen LogP contribution < -0.4 is 0 Å². The number of hydrogen-bond donors (Lipinski definition) is 1. The third-order valence-electron chi connectivity index (χ3n) is 2.72. The standard InChI is InChI=1S/C15H10ClNO4/c16-13-6-4-10(8-14(13)17(20)21)5-7-15(19)11-2-1-3-12(18)9-11/h1-9,18H. The molecular weight excluding hydrogens is 294 g/mol. The molecule has 0 radical (unpaired) electrons. The van der Waals surface area contributed by atoms with E-state index in [0.29, 0.717) is 11.1 Å². The second-order valence-corrected chi connectivity index (χ2v) is 4.62. The summed E-state index contributed by atoms with van der Waals surface area (Å²) in [6.45, 7) is 0. The molecule has 2 aromatic carbocycles. The molecule has 0 saturated heterocycles. The van der Waals surface area contributed by atoms with Gasteiger partial charge in [0.25, 0.3) is 5.69 Å². The third-order valence-corrected chi connectivity index (χ3v) is 3.04. The van der Waals surface area contributed by atoms with Crippen molar-refractivity contribution in [3.63, 3.8) is 0 Å². The second-order valence-electron chi connectivity index (χ2n) is 4.22. The predicted molar refractivity (Wildman–Crippen MR) is 79.6 cm³/mol. The first-order valence-corrected chi connectivity index (χ1v) is 6.30. The number of hydrogen-bond acceptors (Lipinski definition) is 4. The minimum atomic E-state index is -0.587. The van der Waals surface area contributed by atoms with Crippen molar-refractivity contribution in [2.75, 3.05) is 0 Å². The average molecular weight is 304 g/mol. The first-order chi connectivity index (χ1) is 9.97. The van der Waals surface area contributed by atoms with Gasteiger partial charge in [0.05, 0.1) is 4.92 Å². The highest BCUT2D eigenvalue weighted by atomic mass is 35.5. The van der Waals surface area contributed by atoms with Crippen LogP contribution in [-0.4, -0.2) is 15.8 Å². The fourth-order valence-corrected chi connectivity index (χ4v) is 1.89. The van der Waals surface area contributed by atoms with Gasteiger partial charge >= 0.3 is 0 Å². The molecule has 0 amide bonds. The number of ketones is 1. The SMILES string of the molecule is O=C(C=Cc1ccc(Cl)c([N+](=O)[O-])c1)c1cccc(O)c1. The molecule has 21 heavy (non-hydrogen) atoms. The van der Waals surface area contributed by atoms with Crippen molar-refractivity contribution in [2.24, 2.45) is 0 Å². The largest absolute Gasteiger partial charge is 0.508 e. The molecule has 5 nitrogen and oxygen atoms in total. The van der Waals surface area contributed by atoms with Crippen LogP contribution in [-0.2, 0) is 0 Å². The lowest BCUT2D eigenvalue weighted by molar-refractivity contribution is -0.384. The number of phenolic OH excluding ortho intramolecular Hbond substituents is 1. The molecule has 0 bridgehead atoms. The first-order valence-electron chi connectivity index (χ1n) is 5.93. The first kappa shape index (κ1) is 14.7. The molecule has 106 valence electrons. The van der Waals surface area contributed by atoms with Gasteiger partial charge < -0.3 is 5.11 Å². The maximum atomic E-state index is 11.9. The van der Waals surface area contributed by atoms with Crippen LogP contribution in [0.5, 0.6) is 5.75 Å². The Hall–Kier alpha value is -2.66. The number of allylic oxidation sites excluding steroid dienone is 1. The summed E-state index contributed by atoms with van der Waals surface area (Å²) >= 11 is 5.71. The minimum Gasteiger partial charge on any atom is -0.508 e. The van der Waals surface area contributed by atoms with Gasteiger partial charge in [-0.05, 0) is 29.8 Å². The van der Waals surface area contributed by atoms with Crippen molar-refractivity contribution < 1.29 is 14.8 Å². The molecule has 2 aromatic rings. The van der Waals surface area contributed by atoms with Crippen molar-refractivity contribution >= 4 is 29.1 Å². The van der Waals surface area contributed by atoms with Gasteiger partial charge in [-0.3, -0.25) is 14.9 Å². The number of halogens is 1. The highest BCUT2D eigenvalue weighted by Crippen LogP contribution is 2.25. The lowest BCUT2D eigenvalue weighted by Gasteiger charge is -1.98. The van der Waals surface area contributed by atoms with Gasteiger partial charge in [-0.15, -0.1) is 0 Å². The van der Waals surface area contributed by atoms with Crippen LogP contribution >= 0.6 is 11.6 Å². The molecule has 1 N–H and O–H groups in total. The fraction of sp³-hybridized carbons (Fsp3) is 0. The summed E-state index contributed by atoms with van der Waals surface area (Å²) in [5.41, 5.74) is 0.595. The van der Waals surface area contributed by atoms with Crippen molar-refractivity contribution in [3.8, 4) is 5.75 Å². The summed E-state index contributed by atoms with van der Waals surface area (Å²) in [6.07, 6.45) is 2.73. The minimum absolute atomic E-state index is 0.00335. The molecule has 0 aromatic heterocycles. The van der Waals surface area contributed by atoms with Crippen LogP contribution in [0.1, 0.15) is 15.9 Å². The Morgan fingerprint density at radius 3 is 2.67 bits per heavy atom. The molecule has 0 spiro atoms. The second kappa shape index (κ2) is 6.19. The topological polar surface area (TPSA) is 80.4 Å². The van der Waals surface area contributed by atoms with E-state index in [9.17, 15) is 20.0 Å². The van der Waals surface area contributed by atoms with E-state index in [4.69, 9.17) is 11.6 Å². The van der Waals surface area contributed by atoms with Crippen LogP contribution in [0.2, 0.25) is 5.02 Å². The van der Waals surface area contributed by atoms with Crippen LogP contribution in [0, 0.1) is 10.1 Å². The van der Waals surface area contributed by atoms with E-state index >= 15 is 0 Å². The monoisotopic (exact) mass is 303 g/mol. The quantitative estimate of drug-likeness (QED) is 0.402. The maximum absolute atomic E-state index is 11.9. The lowest BCUT2D eigenvalue weighted by atomic mass is 10.1. The molecule has 0 unspecified atom stereocenters. The molecule has 0 aliphatic heterocycles. The van der Waals surface area contributed by atoms with Crippen LogP contribution in [0.15, 0.2) is 48.5 Å². The number of benzene rings is 2. The maximum Gasteiger partial charge on any atom is 0.288 e. The van der Waals surface area contributed by atoms with Gasteiger partial charge in [0.2, 0.25) is 0 Å². The lowest BCUT2D eigenvalue weighted by Crippen LogP contribution is -1.93. The Kier molecular flexibility index (Phi) is 4.35. The zero-order valence-corrected chi connectivity index (χ0v) is 11.4. The normalized spacial score (nSPS) is 10.7. The number of rotatable bonds is 4. The highest BCUT2D eigenvalue weighted by molar-refractivity contribution is 6.32. The van der Waals surface area contributed by atoms with E-state index in [1.807, 2.05) is 0 Å². The third kappa shape index (κ3) is 3.67. The molecule has 6 heteroatoms. The highest BCUT2D eigenvalue weighted by Gasteiger charge is 2.11. The van der Waals surface area contributed by atoms with E-state index in [1.165, 1.54) is 36.4 Å². The van der Waals surface area contributed by atoms with Gasteiger partial charge in [-0.1, -0.05) is 35.9 Å². The van der Waals surface area contributed by atoms with Crippen molar-refractivity contribution in [2.45, 2.75) is 0 Å². The summed E-state index contributed by atoms with van der Waals surface area (Å²) in [5.74, 6) is -0.320.